The van der Waals surface area contributed by atoms with Gasteiger partial charge in [-0.05, 0) is 35.3 Å². The Morgan fingerprint density at radius 2 is 2.00 bits per heavy atom. The molecule has 0 aliphatic carbocycles. The van der Waals surface area contributed by atoms with Crippen LogP contribution < -0.4 is 4.74 Å². The SMILES string of the molecule is O=S([O-])c1ccc(OCCO)cc1. The predicted octanol–water partition coefficient (Wildman–Crippen LogP) is 0.296. The Hall–Kier alpha value is -0.910. The Balaban J connectivity index is 2.64. The first-order chi connectivity index (χ1) is 6.24. The van der Waals surface area contributed by atoms with Gasteiger partial charge in [0, 0.05) is 4.90 Å². The minimum absolute atomic E-state index is 0.0603. The Kier molecular flexibility index (Phi) is 3.88. The van der Waals surface area contributed by atoms with Crippen LogP contribution in [0.1, 0.15) is 0 Å². The highest BCUT2D eigenvalue weighted by atomic mass is 32.2. The Morgan fingerprint density at radius 3 is 2.46 bits per heavy atom. The molecule has 1 atom stereocenters. The molecule has 0 aromatic heterocycles. The molecule has 0 heterocycles. The average molecular weight is 201 g/mol. The number of hydrogen-bond acceptors (Lipinski definition) is 4. The van der Waals surface area contributed by atoms with Crippen LogP contribution in [-0.2, 0) is 11.1 Å². The monoisotopic (exact) mass is 201 g/mol. The summed E-state index contributed by atoms with van der Waals surface area (Å²) in [4.78, 5) is 0.219. The first-order valence-electron chi connectivity index (χ1n) is 3.67. The zero-order valence-corrected chi connectivity index (χ0v) is 7.62. The smallest absolute Gasteiger partial charge is 0.119 e. The van der Waals surface area contributed by atoms with E-state index in [1.165, 1.54) is 12.1 Å². The predicted molar refractivity (Wildman–Crippen MR) is 46.2 cm³/mol. The van der Waals surface area contributed by atoms with Gasteiger partial charge in [0.2, 0.25) is 0 Å². The maximum absolute atomic E-state index is 10.4. The first kappa shape index (κ1) is 10.2. The molecule has 1 N–H and O–H groups in total. The third-order valence-electron chi connectivity index (χ3n) is 1.38. The maximum atomic E-state index is 10.4. The molecule has 0 saturated carbocycles. The number of aliphatic hydroxyl groups is 1. The van der Waals surface area contributed by atoms with Crippen LogP contribution in [0.25, 0.3) is 0 Å². The lowest BCUT2D eigenvalue weighted by Crippen LogP contribution is -2.01. The minimum Gasteiger partial charge on any atom is -0.768 e. The van der Waals surface area contributed by atoms with Crippen LogP contribution >= 0.6 is 0 Å². The van der Waals surface area contributed by atoms with Crippen molar-refractivity contribution in [3.63, 3.8) is 0 Å². The maximum Gasteiger partial charge on any atom is 0.119 e. The number of hydrogen-bond donors (Lipinski definition) is 1. The van der Waals surface area contributed by atoms with Gasteiger partial charge in [-0.25, -0.2) is 0 Å². The van der Waals surface area contributed by atoms with Crippen LogP contribution in [0.15, 0.2) is 29.2 Å². The van der Waals surface area contributed by atoms with Gasteiger partial charge in [0.25, 0.3) is 0 Å². The molecule has 4 nitrogen and oxygen atoms in total. The Labute approximate surface area is 78.4 Å². The molecule has 1 rings (SSSR count). The molecule has 0 aliphatic heterocycles. The summed E-state index contributed by atoms with van der Waals surface area (Å²) in [5.41, 5.74) is 0. The molecule has 0 bridgehead atoms. The van der Waals surface area contributed by atoms with Crippen molar-refractivity contribution in [3.05, 3.63) is 24.3 Å². The molecule has 1 aromatic rings. The largest absolute Gasteiger partial charge is 0.768 e. The summed E-state index contributed by atoms with van der Waals surface area (Å²) in [7, 11) is 0. The van der Waals surface area contributed by atoms with Crippen molar-refractivity contribution < 1.29 is 18.6 Å². The second-order valence-corrected chi connectivity index (χ2v) is 3.22. The van der Waals surface area contributed by atoms with Crippen LogP contribution in [0.3, 0.4) is 0 Å². The van der Waals surface area contributed by atoms with E-state index in [2.05, 4.69) is 0 Å². The Morgan fingerprint density at radius 1 is 1.38 bits per heavy atom. The van der Waals surface area contributed by atoms with Crippen LogP contribution in [0, 0.1) is 0 Å². The molecular weight excluding hydrogens is 192 g/mol. The van der Waals surface area contributed by atoms with Crippen molar-refractivity contribution in [1.29, 1.82) is 0 Å². The summed E-state index contributed by atoms with van der Waals surface area (Å²) in [5, 5.41) is 8.45. The number of rotatable bonds is 4. The normalized spacial score (nSPS) is 12.5. The molecule has 5 heteroatoms. The van der Waals surface area contributed by atoms with Crippen LogP contribution in [0.2, 0.25) is 0 Å². The zero-order valence-electron chi connectivity index (χ0n) is 6.80. The topological polar surface area (TPSA) is 69.6 Å². The van der Waals surface area contributed by atoms with Gasteiger partial charge in [-0.2, -0.15) is 0 Å². The fourth-order valence-corrected chi connectivity index (χ4v) is 1.17. The summed E-state index contributed by atoms with van der Waals surface area (Å²) in [6.45, 7) is 0.148. The molecule has 0 saturated heterocycles. The molecular formula is C8H9O4S-. The van der Waals surface area contributed by atoms with Gasteiger partial charge in [0.05, 0.1) is 6.61 Å². The van der Waals surface area contributed by atoms with Crippen molar-refractivity contribution in [2.24, 2.45) is 0 Å². The van der Waals surface area contributed by atoms with Crippen LogP contribution in [0.4, 0.5) is 0 Å². The second-order valence-electron chi connectivity index (χ2n) is 2.28. The van der Waals surface area contributed by atoms with Gasteiger partial charge in [0.1, 0.15) is 12.4 Å². The van der Waals surface area contributed by atoms with Crippen molar-refractivity contribution in [3.8, 4) is 5.75 Å². The van der Waals surface area contributed by atoms with E-state index < -0.39 is 11.1 Å². The van der Waals surface area contributed by atoms with Gasteiger partial charge in [-0.1, -0.05) is 0 Å². The molecule has 0 spiro atoms. The van der Waals surface area contributed by atoms with E-state index in [1.54, 1.807) is 12.1 Å². The summed E-state index contributed by atoms with van der Waals surface area (Å²) < 4.78 is 25.9. The summed E-state index contributed by atoms with van der Waals surface area (Å²) in [5.74, 6) is 0.545. The lowest BCUT2D eigenvalue weighted by atomic mass is 10.3. The molecule has 1 aromatic carbocycles. The summed E-state index contributed by atoms with van der Waals surface area (Å²) in [6, 6.07) is 5.97. The average Bonchev–Trinajstić information content (AvgIpc) is 2.15. The van der Waals surface area contributed by atoms with Crippen molar-refractivity contribution in [2.75, 3.05) is 13.2 Å². The lowest BCUT2D eigenvalue weighted by molar-refractivity contribution is 0.201. The van der Waals surface area contributed by atoms with E-state index in [9.17, 15) is 8.76 Å². The molecule has 72 valence electrons. The van der Waals surface area contributed by atoms with Crippen molar-refractivity contribution >= 4 is 11.1 Å². The zero-order chi connectivity index (χ0) is 9.68. The summed E-state index contributed by atoms with van der Waals surface area (Å²) >= 11 is -2.20. The molecule has 13 heavy (non-hydrogen) atoms. The van der Waals surface area contributed by atoms with E-state index in [-0.39, 0.29) is 18.1 Å². The first-order valence-corrected chi connectivity index (χ1v) is 4.74. The van der Waals surface area contributed by atoms with Gasteiger partial charge in [-0.15, -0.1) is 0 Å². The minimum atomic E-state index is -2.20. The summed E-state index contributed by atoms with van der Waals surface area (Å²) in [6.07, 6.45) is 0. The van der Waals surface area contributed by atoms with Gasteiger partial charge < -0.3 is 14.4 Å². The highest BCUT2D eigenvalue weighted by Crippen LogP contribution is 2.13. The molecule has 0 radical (unpaired) electrons. The van der Waals surface area contributed by atoms with E-state index in [1.807, 2.05) is 0 Å². The van der Waals surface area contributed by atoms with E-state index in [0.29, 0.717) is 5.75 Å². The van der Waals surface area contributed by atoms with E-state index in [0.717, 1.165) is 0 Å². The quantitative estimate of drug-likeness (QED) is 0.711. The van der Waals surface area contributed by atoms with Gasteiger partial charge >= 0.3 is 0 Å². The molecule has 0 amide bonds. The number of ether oxygens (including phenoxy) is 1. The van der Waals surface area contributed by atoms with Crippen LogP contribution in [-0.4, -0.2) is 27.1 Å². The van der Waals surface area contributed by atoms with Crippen LogP contribution in [0.5, 0.6) is 5.75 Å². The lowest BCUT2D eigenvalue weighted by Gasteiger charge is -2.07. The Bertz CT molecular complexity index is 283. The molecule has 1 unspecified atom stereocenters. The second kappa shape index (κ2) is 4.96. The number of aliphatic hydroxyl groups excluding tert-OH is 1. The van der Waals surface area contributed by atoms with E-state index in [4.69, 9.17) is 9.84 Å². The van der Waals surface area contributed by atoms with E-state index >= 15 is 0 Å². The fraction of sp³-hybridized carbons (Fsp3) is 0.250. The fourth-order valence-electron chi connectivity index (χ4n) is 0.810. The third kappa shape index (κ3) is 3.14. The van der Waals surface area contributed by atoms with Crippen molar-refractivity contribution in [1.82, 2.24) is 0 Å². The highest BCUT2D eigenvalue weighted by molar-refractivity contribution is 7.79. The van der Waals surface area contributed by atoms with Crippen molar-refractivity contribution in [2.45, 2.75) is 4.90 Å². The number of benzene rings is 1. The van der Waals surface area contributed by atoms with Gasteiger partial charge in [0.15, 0.2) is 0 Å². The molecule has 0 fully saturated rings. The standard InChI is InChI=1S/C8H10O4S/c9-5-6-12-7-1-3-8(4-2-7)13(10)11/h1-4,9H,5-6H2,(H,10,11)/p-1. The molecule has 0 aliphatic rings. The third-order valence-corrected chi connectivity index (χ3v) is 2.03. The highest BCUT2D eigenvalue weighted by Gasteiger charge is 1.94. The van der Waals surface area contributed by atoms with Gasteiger partial charge in [-0.3, -0.25) is 4.21 Å².